The molecular formula is C10H7FN6O2. The minimum atomic E-state index is -0.728. The molecule has 1 N–H and O–H groups in total. The number of hydrogen-bond donors (Lipinski definition) is 1. The number of benzene rings is 1. The number of nitro groups is 1. The summed E-state index contributed by atoms with van der Waals surface area (Å²) in [5, 5.41) is 29.9. The van der Waals surface area contributed by atoms with Gasteiger partial charge >= 0.3 is 0 Å². The van der Waals surface area contributed by atoms with Crippen LogP contribution in [0.2, 0.25) is 0 Å². The summed E-state index contributed by atoms with van der Waals surface area (Å²) in [6, 6.07) is 4.84. The maximum atomic E-state index is 13.0. The number of aryl methyl sites for hydroxylation is 1. The van der Waals surface area contributed by atoms with E-state index in [-0.39, 0.29) is 17.2 Å². The van der Waals surface area contributed by atoms with Crippen LogP contribution >= 0.6 is 0 Å². The van der Waals surface area contributed by atoms with Crippen LogP contribution in [-0.2, 0) is 7.05 Å². The lowest BCUT2D eigenvalue weighted by atomic mass is 10.2. The maximum Gasteiger partial charge on any atom is 0.295 e. The van der Waals surface area contributed by atoms with Gasteiger partial charge < -0.3 is 5.32 Å². The summed E-state index contributed by atoms with van der Waals surface area (Å²) in [7, 11) is 1.51. The second-order valence-electron chi connectivity index (χ2n) is 3.54. The molecule has 19 heavy (non-hydrogen) atoms. The molecule has 0 aliphatic rings. The summed E-state index contributed by atoms with van der Waals surface area (Å²) >= 11 is 0. The van der Waals surface area contributed by atoms with Gasteiger partial charge in [0.15, 0.2) is 5.82 Å². The van der Waals surface area contributed by atoms with E-state index in [1.807, 2.05) is 0 Å². The Morgan fingerprint density at radius 1 is 1.53 bits per heavy atom. The Labute approximate surface area is 106 Å². The Hall–Kier alpha value is -3.02. The fourth-order valence-electron chi connectivity index (χ4n) is 1.46. The fraction of sp³-hybridized carbons (Fsp3) is 0.100. The van der Waals surface area contributed by atoms with Gasteiger partial charge in [-0.2, -0.15) is 10.1 Å². The van der Waals surface area contributed by atoms with Crippen LogP contribution < -0.4 is 5.32 Å². The Balaban J connectivity index is 2.44. The van der Waals surface area contributed by atoms with E-state index in [2.05, 4.69) is 15.5 Å². The second-order valence-corrected chi connectivity index (χ2v) is 3.54. The van der Waals surface area contributed by atoms with Gasteiger partial charge in [-0.25, -0.2) is 4.39 Å². The van der Waals surface area contributed by atoms with Crippen LogP contribution in [0.25, 0.3) is 0 Å². The van der Waals surface area contributed by atoms with Crippen molar-refractivity contribution in [3.63, 3.8) is 0 Å². The van der Waals surface area contributed by atoms with Gasteiger partial charge in [-0.15, -0.1) is 10.2 Å². The van der Waals surface area contributed by atoms with Crippen molar-refractivity contribution in [2.45, 2.75) is 0 Å². The standard InChI is InChI=1S/C10H7FN6O2/c1-16-14-8(5-12)10(15-16)13-7-3-2-6(11)4-9(7)17(18)19/h2-4H,1H3,(H,13,15). The largest absolute Gasteiger partial charge is 0.331 e. The van der Waals surface area contributed by atoms with E-state index in [9.17, 15) is 14.5 Å². The molecule has 0 spiro atoms. The van der Waals surface area contributed by atoms with E-state index in [0.717, 1.165) is 16.9 Å². The van der Waals surface area contributed by atoms with Crippen molar-refractivity contribution in [1.82, 2.24) is 15.0 Å². The number of anilines is 2. The molecule has 0 fully saturated rings. The van der Waals surface area contributed by atoms with E-state index < -0.39 is 16.4 Å². The summed E-state index contributed by atoms with van der Waals surface area (Å²) < 4.78 is 13.0. The summed E-state index contributed by atoms with van der Waals surface area (Å²) in [5.74, 6) is -0.656. The van der Waals surface area contributed by atoms with Crippen molar-refractivity contribution in [2.24, 2.45) is 7.05 Å². The van der Waals surface area contributed by atoms with E-state index >= 15 is 0 Å². The number of nitrogens with one attached hydrogen (secondary N) is 1. The van der Waals surface area contributed by atoms with Gasteiger partial charge in [-0.1, -0.05) is 0 Å². The average Bonchev–Trinajstić information content (AvgIpc) is 2.71. The van der Waals surface area contributed by atoms with E-state index in [0.29, 0.717) is 0 Å². The van der Waals surface area contributed by atoms with Crippen molar-refractivity contribution in [2.75, 3.05) is 5.32 Å². The number of aromatic nitrogens is 3. The normalized spacial score (nSPS) is 9.95. The number of rotatable bonds is 3. The molecule has 0 amide bonds. The number of nitrogens with zero attached hydrogens (tertiary/aromatic N) is 5. The summed E-state index contributed by atoms with van der Waals surface area (Å²) in [5.41, 5.74) is -0.431. The first-order chi connectivity index (χ1) is 9.01. The van der Waals surface area contributed by atoms with E-state index in [4.69, 9.17) is 5.26 Å². The second kappa shape index (κ2) is 4.69. The summed E-state index contributed by atoms with van der Waals surface area (Å²) in [4.78, 5) is 11.2. The van der Waals surface area contributed by atoms with Crippen LogP contribution in [0.15, 0.2) is 18.2 Å². The Morgan fingerprint density at radius 2 is 2.26 bits per heavy atom. The molecule has 0 saturated carbocycles. The number of halogens is 1. The predicted octanol–water partition coefficient (Wildman–Crippen LogP) is 1.48. The van der Waals surface area contributed by atoms with Crippen LogP contribution in [0.4, 0.5) is 21.6 Å². The average molecular weight is 262 g/mol. The van der Waals surface area contributed by atoms with E-state index in [1.54, 1.807) is 6.07 Å². The lowest BCUT2D eigenvalue weighted by Gasteiger charge is -2.03. The molecule has 0 unspecified atom stereocenters. The van der Waals surface area contributed by atoms with Gasteiger partial charge in [-0.3, -0.25) is 10.1 Å². The quantitative estimate of drug-likeness (QED) is 0.662. The fourth-order valence-corrected chi connectivity index (χ4v) is 1.46. The molecule has 0 atom stereocenters. The summed E-state index contributed by atoms with van der Waals surface area (Å²) in [6.45, 7) is 0. The highest BCUT2D eigenvalue weighted by Crippen LogP contribution is 2.28. The lowest BCUT2D eigenvalue weighted by molar-refractivity contribution is -0.384. The van der Waals surface area contributed by atoms with Gasteiger partial charge in [0.05, 0.1) is 11.0 Å². The van der Waals surface area contributed by atoms with Crippen LogP contribution in [0.1, 0.15) is 5.69 Å². The summed E-state index contributed by atoms with van der Waals surface area (Å²) in [6.07, 6.45) is 0. The molecule has 8 nitrogen and oxygen atoms in total. The van der Waals surface area contributed by atoms with Gasteiger partial charge in [-0.05, 0) is 12.1 Å². The minimum absolute atomic E-state index is 0.0128. The van der Waals surface area contributed by atoms with Gasteiger partial charge in [0.25, 0.3) is 5.69 Å². The highest BCUT2D eigenvalue weighted by Gasteiger charge is 2.18. The van der Waals surface area contributed by atoms with Crippen LogP contribution in [0.5, 0.6) is 0 Å². The smallest absolute Gasteiger partial charge is 0.295 e. The highest BCUT2D eigenvalue weighted by atomic mass is 19.1. The minimum Gasteiger partial charge on any atom is -0.331 e. The van der Waals surface area contributed by atoms with Crippen molar-refractivity contribution in [3.8, 4) is 6.07 Å². The van der Waals surface area contributed by atoms with Crippen LogP contribution in [0, 0.1) is 27.3 Å². The molecule has 2 aromatic rings. The molecule has 96 valence electrons. The molecule has 0 bridgehead atoms. The highest BCUT2D eigenvalue weighted by molar-refractivity contribution is 5.69. The molecule has 1 aromatic heterocycles. The molecular weight excluding hydrogens is 255 g/mol. The molecule has 2 rings (SSSR count). The van der Waals surface area contributed by atoms with Crippen LogP contribution in [-0.4, -0.2) is 19.9 Å². The van der Waals surface area contributed by atoms with Gasteiger partial charge in [0.1, 0.15) is 17.6 Å². The first-order valence-corrected chi connectivity index (χ1v) is 5.03. The molecule has 9 heteroatoms. The van der Waals surface area contributed by atoms with Crippen molar-refractivity contribution in [1.29, 1.82) is 5.26 Å². The zero-order valence-corrected chi connectivity index (χ0v) is 9.66. The predicted molar refractivity (Wildman–Crippen MR) is 62.1 cm³/mol. The molecule has 1 heterocycles. The van der Waals surface area contributed by atoms with E-state index in [1.165, 1.54) is 13.1 Å². The number of nitro benzene ring substituents is 1. The van der Waals surface area contributed by atoms with Gasteiger partial charge in [0, 0.05) is 7.05 Å². The molecule has 0 aliphatic heterocycles. The Bertz CT molecular complexity index is 690. The van der Waals surface area contributed by atoms with Crippen LogP contribution in [0.3, 0.4) is 0 Å². The molecule has 0 radical (unpaired) electrons. The molecule has 0 saturated heterocycles. The Morgan fingerprint density at radius 3 is 2.89 bits per heavy atom. The van der Waals surface area contributed by atoms with Crippen molar-refractivity contribution in [3.05, 3.63) is 39.8 Å². The monoisotopic (exact) mass is 262 g/mol. The first-order valence-electron chi connectivity index (χ1n) is 5.03. The molecule has 1 aromatic carbocycles. The number of nitriles is 1. The van der Waals surface area contributed by atoms with Crippen molar-refractivity contribution >= 4 is 17.2 Å². The zero-order valence-electron chi connectivity index (χ0n) is 9.66. The third-order valence-corrected chi connectivity index (χ3v) is 2.23. The Kier molecular flexibility index (Phi) is 3.07. The third-order valence-electron chi connectivity index (χ3n) is 2.23. The topological polar surface area (TPSA) is 110 Å². The first kappa shape index (κ1) is 12.4. The van der Waals surface area contributed by atoms with Crippen molar-refractivity contribution < 1.29 is 9.31 Å². The van der Waals surface area contributed by atoms with Gasteiger partial charge in [0.2, 0.25) is 5.69 Å². The SMILES string of the molecule is Cn1nc(C#N)c(Nc2ccc(F)cc2[N+](=O)[O-])n1. The lowest BCUT2D eigenvalue weighted by Crippen LogP contribution is -1.99. The maximum absolute atomic E-state index is 13.0. The molecule has 0 aliphatic carbocycles. The third kappa shape index (κ3) is 2.47. The zero-order chi connectivity index (χ0) is 14.0. The number of hydrogen-bond acceptors (Lipinski definition) is 6.